The number of carbonyl (C=O) groups is 1. The van der Waals surface area contributed by atoms with Gasteiger partial charge >= 0.3 is 0 Å². The Bertz CT molecular complexity index is 217. The van der Waals surface area contributed by atoms with Crippen molar-refractivity contribution in [2.24, 2.45) is 5.92 Å². The van der Waals surface area contributed by atoms with Gasteiger partial charge in [-0.1, -0.05) is 27.2 Å². The summed E-state index contributed by atoms with van der Waals surface area (Å²) in [4.78, 5) is 11.1. The Labute approximate surface area is 93.7 Å². The van der Waals surface area contributed by atoms with Crippen LogP contribution in [0.1, 0.15) is 47.5 Å². The van der Waals surface area contributed by atoms with E-state index < -0.39 is 0 Å². The summed E-state index contributed by atoms with van der Waals surface area (Å²) in [6.45, 7) is 10.9. The van der Waals surface area contributed by atoms with Crippen LogP contribution in [0.2, 0.25) is 0 Å². The van der Waals surface area contributed by atoms with Gasteiger partial charge in [-0.2, -0.15) is 0 Å². The van der Waals surface area contributed by atoms with E-state index in [4.69, 9.17) is 4.74 Å². The van der Waals surface area contributed by atoms with Gasteiger partial charge < -0.3 is 4.74 Å². The monoisotopic (exact) mass is 212 g/mol. The summed E-state index contributed by atoms with van der Waals surface area (Å²) < 4.78 is 5.74. The van der Waals surface area contributed by atoms with E-state index >= 15 is 0 Å². The fourth-order valence-electron chi connectivity index (χ4n) is 0.934. The molecule has 2 heteroatoms. The minimum absolute atomic E-state index is 0.148. The first-order chi connectivity index (χ1) is 6.91. The van der Waals surface area contributed by atoms with Crippen LogP contribution in [0.25, 0.3) is 0 Å². The van der Waals surface area contributed by atoms with Gasteiger partial charge in [-0.05, 0) is 31.9 Å². The van der Waals surface area contributed by atoms with Crippen LogP contribution in [-0.2, 0) is 9.53 Å². The van der Waals surface area contributed by atoms with E-state index in [-0.39, 0.29) is 11.4 Å². The second-order valence-electron chi connectivity index (χ2n) is 4.58. The van der Waals surface area contributed by atoms with Crippen molar-refractivity contribution in [3.63, 3.8) is 0 Å². The SMILES string of the molecule is CCC(=O)C=CC(C)(C)OCC(C)CC. The summed E-state index contributed by atoms with van der Waals surface area (Å²) in [6, 6.07) is 0. The zero-order chi connectivity index (χ0) is 11.9. The molecule has 0 aliphatic carbocycles. The van der Waals surface area contributed by atoms with Gasteiger partial charge in [0.15, 0.2) is 5.78 Å². The van der Waals surface area contributed by atoms with Crippen molar-refractivity contribution < 1.29 is 9.53 Å². The van der Waals surface area contributed by atoms with Crippen molar-refractivity contribution in [3.8, 4) is 0 Å². The molecule has 0 heterocycles. The van der Waals surface area contributed by atoms with Crippen LogP contribution in [0.3, 0.4) is 0 Å². The minimum atomic E-state index is -0.339. The van der Waals surface area contributed by atoms with Crippen LogP contribution in [0.4, 0.5) is 0 Å². The summed E-state index contributed by atoms with van der Waals surface area (Å²) in [5.41, 5.74) is -0.339. The summed E-state index contributed by atoms with van der Waals surface area (Å²) in [6.07, 6.45) is 5.14. The van der Waals surface area contributed by atoms with E-state index in [2.05, 4.69) is 13.8 Å². The molecule has 1 unspecified atom stereocenters. The largest absolute Gasteiger partial charge is 0.371 e. The van der Waals surface area contributed by atoms with Crippen molar-refractivity contribution in [1.29, 1.82) is 0 Å². The zero-order valence-corrected chi connectivity index (χ0v) is 10.7. The number of allylic oxidation sites excluding steroid dienone is 1. The molecule has 0 aromatic heterocycles. The standard InChI is InChI=1S/C13H24O2/c1-6-11(3)10-15-13(4,5)9-8-12(14)7-2/h8-9,11H,6-7,10H2,1-5H3. The molecule has 88 valence electrons. The quantitative estimate of drug-likeness (QED) is 0.605. The van der Waals surface area contributed by atoms with Crippen LogP contribution in [0.5, 0.6) is 0 Å². The van der Waals surface area contributed by atoms with Crippen LogP contribution >= 0.6 is 0 Å². The fourth-order valence-corrected chi connectivity index (χ4v) is 0.934. The smallest absolute Gasteiger partial charge is 0.155 e. The highest BCUT2D eigenvalue weighted by Crippen LogP contribution is 2.14. The average molecular weight is 212 g/mol. The van der Waals surface area contributed by atoms with Crippen molar-refractivity contribution in [1.82, 2.24) is 0 Å². The fraction of sp³-hybridized carbons (Fsp3) is 0.769. The molecule has 0 radical (unpaired) electrons. The Kier molecular flexibility index (Phi) is 6.50. The van der Waals surface area contributed by atoms with Crippen LogP contribution < -0.4 is 0 Å². The third-order valence-corrected chi connectivity index (χ3v) is 2.46. The van der Waals surface area contributed by atoms with E-state index in [1.54, 1.807) is 6.08 Å². The minimum Gasteiger partial charge on any atom is -0.371 e. The molecule has 0 rings (SSSR count). The average Bonchev–Trinajstić information content (AvgIpc) is 2.22. The summed E-state index contributed by atoms with van der Waals surface area (Å²) in [5, 5.41) is 0. The molecule has 0 amide bonds. The molecule has 0 aliphatic rings. The van der Waals surface area contributed by atoms with Gasteiger partial charge in [0.1, 0.15) is 0 Å². The first-order valence-corrected chi connectivity index (χ1v) is 5.77. The highest BCUT2D eigenvalue weighted by atomic mass is 16.5. The van der Waals surface area contributed by atoms with Gasteiger partial charge in [0.25, 0.3) is 0 Å². The molecule has 0 fully saturated rings. The molecule has 2 nitrogen and oxygen atoms in total. The number of carbonyl (C=O) groups excluding carboxylic acids is 1. The lowest BCUT2D eigenvalue weighted by Crippen LogP contribution is -2.24. The van der Waals surface area contributed by atoms with E-state index in [1.165, 1.54) is 0 Å². The van der Waals surface area contributed by atoms with Crippen LogP contribution in [0.15, 0.2) is 12.2 Å². The first-order valence-electron chi connectivity index (χ1n) is 5.77. The second-order valence-corrected chi connectivity index (χ2v) is 4.58. The molecule has 0 aliphatic heterocycles. The molecule has 0 spiro atoms. The van der Waals surface area contributed by atoms with Crippen molar-refractivity contribution in [2.75, 3.05) is 6.61 Å². The molecule has 0 N–H and O–H groups in total. The van der Waals surface area contributed by atoms with Gasteiger partial charge in [-0.3, -0.25) is 4.79 Å². The van der Waals surface area contributed by atoms with E-state index in [0.29, 0.717) is 12.3 Å². The molecule has 0 aromatic rings. The molecule has 0 aromatic carbocycles. The zero-order valence-electron chi connectivity index (χ0n) is 10.7. The lowest BCUT2D eigenvalue weighted by atomic mass is 10.1. The Hall–Kier alpha value is -0.630. The van der Waals surface area contributed by atoms with E-state index in [9.17, 15) is 4.79 Å². The van der Waals surface area contributed by atoms with Gasteiger partial charge in [0.05, 0.1) is 12.2 Å². The van der Waals surface area contributed by atoms with Gasteiger partial charge in [0.2, 0.25) is 0 Å². The molecule has 0 saturated carbocycles. The van der Waals surface area contributed by atoms with Gasteiger partial charge in [-0.25, -0.2) is 0 Å². The number of ketones is 1. The third-order valence-electron chi connectivity index (χ3n) is 2.46. The highest BCUT2D eigenvalue weighted by molar-refractivity contribution is 5.89. The Morgan fingerprint density at radius 1 is 1.40 bits per heavy atom. The number of hydrogen-bond donors (Lipinski definition) is 0. The molecule has 0 bridgehead atoms. The summed E-state index contributed by atoms with van der Waals surface area (Å²) in [5.74, 6) is 0.717. The van der Waals surface area contributed by atoms with Gasteiger partial charge in [-0.15, -0.1) is 0 Å². The topological polar surface area (TPSA) is 26.3 Å². The highest BCUT2D eigenvalue weighted by Gasteiger charge is 2.15. The molecule has 1 atom stereocenters. The predicted molar refractivity (Wildman–Crippen MR) is 63.9 cm³/mol. The Balaban J connectivity index is 4.06. The lowest BCUT2D eigenvalue weighted by Gasteiger charge is -2.23. The summed E-state index contributed by atoms with van der Waals surface area (Å²) >= 11 is 0. The maximum atomic E-state index is 11.1. The molecular weight excluding hydrogens is 188 g/mol. The normalized spacial score (nSPS) is 14.5. The first kappa shape index (κ1) is 14.4. The van der Waals surface area contributed by atoms with Gasteiger partial charge in [0, 0.05) is 6.42 Å². The predicted octanol–water partition coefficient (Wildman–Crippen LogP) is 3.36. The Morgan fingerprint density at radius 2 is 2.00 bits per heavy atom. The lowest BCUT2D eigenvalue weighted by molar-refractivity contribution is -0.114. The maximum absolute atomic E-state index is 11.1. The molecular formula is C13H24O2. The Morgan fingerprint density at radius 3 is 2.47 bits per heavy atom. The van der Waals surface area contributed by atoms with E-state index in [1.807, 2.05) is 26.8 Å². The second kappa shape index (κ2) is 6.78. The van der Waals surface area contributed by atoms with Crippen LogP contribution in [-0.4, -0.2) is 18.0 Å². The van der Waals surface area contributed by atoms with E-state index in [0.717, 1.165) is 13.0 Å². The van der Waals surface area contributed by atoms with Crippen molar-refractivity contribution in [3.05, 3.63) is 12.2 Å². The van der Waals surface area contributed by atoms with Crippen molar-refractivity contribution in [2.45, 2.75) is 53.1 Å². The van der Waals surface area contributed by atoms with Crippen molar-refractivity contribution >= 4 is 5.78 Å². The molecule has 15 heavy (non-hydrogen) atoms. The maximum Gasteiger partial charge on any atom is 0.155 e. The number of hydrogen-bond acceptors (Lipinski definition) is 2. The third kappa shape index (κ3) is 7.32. The summed E-state index contributed by atoms with van der Waals surface area (Å²) in [7, 11) is 0. The van der Waals surface area contributed by atoms with Crippen LogP contribution in [0, 0.1) is 5.92 Å². The number of ether oxygens (including phenoxy) is 1. The molecule has 0 saturated heterocycles. The number of rotatable bonds is 7.